The molecule has 2 heterocycles. The Kier molecular flexibility index (Phi) is 4.75. The number of anilines is 1. The molecule has 0 spiro atoms. The summed E-state index contributed by atoms with van der Waals surface area (Å²) in [6, 6.07) is 4.89. The minimum absolute atomic E-state index is 0.0206. The van der Waals surface area contributed by atoms with Gasteiger partial charge in [-0.1, -0.05) is 23.4 Å². The fraction of sp³-hybridized carbons (Fsp3) is 0.278. The van der Waals surface area contributed by atoms with E-state index < -0.39 is 29.8 Å². The van der Waals surface area contributed by atoms with Gasteiger partial charge in [-0.3, -0.25) is 4.79 Å². The highest BCUT2D eigenvalue weighted by Gasteiger charge is 2.58. The van der Waals surface area contributed by atoms with Crippen LogP contribution in [0.3, 0.4) is 0 Å². The summed E-state index contributed by atoms with van der Waals surface area (Å²) in [5.41, 5.74) is 3.93. The lowest BCUT2D eigenvalue weighted by molar-refractivity contribution is 0.102. The van der Waals surface area contributed by atoms with Crippen molar-refractivity contribution in [3.05, 3.63) is 58.4 Å². The number of nitrogens with one attached hydrogen (secondary N) is 1. The van der Waals surface area contributed by atoms with Gasteiger partial charge in [0.05, 0.1) is 5.02 Å². The van der Waals surface area contributed by atoms with Gasteiger partial charge in [-0.25, -0.2) is 23.1 Å². The van der Waals surface area contributed by atoms with Crippen LogP contribution in [0.2, 0.25) is 5.02 Å². The highest BCUT2D eigenvalue weighted by molar-refractivity contribution is 8.14. The molecule has 0 saturated heterocycles. The van der Waals surface area contributed by atoms with Crippen molar-refractivity contribution >= 4 is 40.1 Å². The van der Waals surface area contributed by atoms with Gasteiger partial charge in [-0.15, -0.1) is 0 Å². The van der Waals surface area contributed by atoms with Crippen molar-refractivity contribution in [3.63, 3.8) is 0 Å². The number of rotatable bonds is 4. The molecule has 28 heavy (non-hydrogen) atoms. The summed E-state index contributed by atoms with van der Waals surface area (Å²) in [7, 11) is 0. The molecule has 3 atom stereocenters. The molecule has 1 amide bonds. The molecule has 2 unspecified atom stereocenters. The van der Waals surface area contributed by atoms with E-state index >= 15 is 0 Å². The second-order valence-electron chi connectivity index (χ2n) is 6.64. The molecular formula is C18H14ClF3N4OS. The number of fused-ring (bicyclic) bond motifs is 1. The smallest absolute Gasteiger partial charge is 0.274 e. The Morgan fingerprint density at radius 1 is 1.39 bits per heavy atom. The Labute approximate surface area is 167 Å². The van der Waals surface area contributed by atoms with E-state index in [-0.39, 0.29) is 33.3 Å². The van der Waals surface area contributed by atoms with Crippen LogP contribution in [0, 0.1) is 17.6 Å². The number of nitrogens with zero attached hydrogens (tertiary/aromatic N) is 2. The number of amidine groups is 1. The van der Waals surface area contributed by atoms with Crippen LogP contribution >= 0.6 is 23.4 Å². The number of aromatic nitrogens is 1. The number of amides is 1. The topological polar surface area (TPSA) is 80.4 Å². The molecule has 10 heteroatoms. The zero-order valence-corrected chi connectivity index (χ0v) is 15.8. The van der Waals surface area contributed by atoms with E-state index in [9.17, 15) is 18.0 Å². The number of carbonyl (C=O) groups excluding carboxylic acids is 1. The van der Waals surface area contributed by atoms with Crippen LogP contribution in [-0.4, -0.2) is 28.0 Å². The second kappa shape index (κ2) is 6.97. The number of thioether (sulfide) groups is 1. The molecule has 0 bridgehead atoms. The normalized spacial score (nSPS) is 25.6. The van der Waals surface area contributed by atoms with Gasteiger partial charge in [0, 0.05) is 34.7 Å². The first-order chi connectivity index (χ1) is 13.3. The molecule has 1 fully saturated rings. The molecule has 1 aliphatic carbocycles. The van der Waals surface area contributed by atoms with Crippen LogP contribution in [0.4, 0.5) is 18.9 Å². The molecule has 3 N–H and O–H groups in total. The lowest BCUT2D eigenvalue weighted by Crippen LogP contribution is -2.37. The van der Waals surface area contributed by atoms with Gasteiger partial charge in [0.25, 0.3) is 5.91 Å². The Morgan fingerprint density at radius 3 is 2.86 bits per heavy atom. The first kappa shape index (κ1) is 19.1. The van der Waals surface area contributed by atoms with Gasteiger partial charge in [-0.05, 0) is 24.6 Å². The van der Waals surface area contributed by atoms with Crippen molar-refractivity contribution in [1.29, 1.82) is 0 Å². The first-order valence-corrected chi connectivity index (χ1v) is 9.60. The number of pyridine rings is 1. The third kappa shape index (κ3) is 3.22. The summed E-state index contributed by atoms with van der Waals surface area (Å²) in [4.78, 5) is 20.3. The van der Waals surface area contributed by atoms with Crippen LogP contribution in [-0.2, 0) is 5.54 Å². The SMILES string of the molecule is NC1=N[C@](CF)(c2cc(NC(=O)c3ccc(Cl)cn3)cc(F)c2F)C2CC2S1. The average molecular weight is 427 g/mol. The summed E-state index contributed by atoms with van der Waals surface area (Å²) in [6.45, 7) is -1.03. The Morgan fingerprint density at radius 2 is 2.18 bits per heavy atom. The quantitative estimate of drug-likeness (QED) is 0.777. The van der Waals surface area contributed by atoms with Gasteiger partial charge >= 0.3 is 0 Å². The van der Waals surface area contributed by atoms with Crippen molar-refractivity contribution in [2.75, 3.05) is 12.0 Å². The number of benzene rings is 1. The third-order valence-corrected chi connectivity index (χ3v) is 6.22. The summed E-state index contributed by atoms with van der Waals surface area (Å²) in [6.07, 6.45) is 1.89. The molecule has 1 aromatic carbocycles. The van der Waals surface area contributed by atoms with E-state index in [1.54, 1.807) is 0 Å². The minimum Gasteiger partial charge on any atom is -0.379 e. The predicted molar refractivity (Wildman–Crippen MR) is 102 cm³/mol. The average Bonchev–Trinajstić information content (AvgIpc) is 3.44. The molecule has 4 rings (SSSR count). The lowest BCUT2D eigenvalue weighted by atomic mass is 9.85. The monoisotopic (exact) mass is 426 g/mol. The predicted octanol–water partition coefficient (Wildman–Crippen LogP) is 3.88. The van der Waals surface area contributed by atoms with Crippen LogP contribution in [0.5, 0.6) is 0 Å². The van der Waals surface area contributed by atoms with Crippen LogP contribution < -0.4 is 11.1 Å². The minimum atomic E-state index is -1.59. The number of hydrogen-bond donors (Lipinski definition) is 2. The third-order valence-electron chi connectivity index (χ3n) is 4.84. The van der Waals surface area contributed by atoms with Crippen molar-refractivity contribution in [3.8, 4) is 0 Å². The Hall–Kier alpha value is -2.26. The van der Waals surface area contributed by atoms with Gasteiger partial charge in [-0.2, -0.15) is 0 Å². The van der Waals surface area contributed by atoms with E-state index in [1.807, 2.05) is 0 Å². The number of hydrogen-bond acceptors (Lipinski definition) is 5. The lowest BCUT2D eigenvalue weighted by Gasteiger charge is -2.31. The maximum absolute atomic E-state index is 14.6. The fourth-order valence-electron chi connectivity index (χ4n) is 3.41. The zero-order valence-electron chi connectivity index (χ0n) is 14.3. The molecule has 5 nitrogen and oxygen atoms in total. The van der Waals surface area contributed by atoms with Crippen LogP contribution in [0.25, 0.3) is 0 Å². The Bertz CT molecular complexity index is 988. The Balaban J connectivity index is 1.72. The maximum atomic E-state index is 14.6. The molecule has 1 aromatic heterocycles. The van der Waals surface area contributed by atoms with Gasteiger partial charge in [0.2, 0.25) is 0 Å². The van der Waals surface area contributed by atoms with E-state index in [2.05, 4.69) is 15.3 Å². The van der Waals surface area contributed by atoms with Gasteiger partial charge in [0.15, 0.2) is 16.8 Å². The molecule has 1 saturated carbocycles. The highest BCUT2D eigenvalue weighted by Crippen LogP contribution is 2.58. The van der Waals surface area contributed by atoms with Crippen LogP contribution in [0.1, 0.15) is 22.5 Å². The summed E-state index contributed by atoms with van der Waals surface area (Å²) in [5.74, 6) is -3.34. The van der Waals surface area contributed by atoms with Gasteiger partial charge in [0.1, 0.15) is 17.9 Å². The summed E-state index contributed by atoms with van der Waals surface area (Å²) < 4.78 is 43.0. The molecule has 1 aliphatic heterocycles. The fourth-order valence-corrected chi connectivity index (χ4v) is 4.74. The molecular weight excluding hydrogens is 413 g/mol. The number of halogens is 4. The molecule has 2 aliphatic rings. The number of carbonyl (C=O) groups is 1. The van der Waals surface area contributed by atoms with Gasteiger partial charge < -0.3 is 11.1 Å². The van der Waals surface area contributed by atoms with E-state index in [0.29, 0.717) is 11.4 Å². The maximum Gasteiger partial charge on any atom is 0.274 e. The van der Waals surface area contributed by atoms with E-state index in [1.165, 1.54) is 36.2 Å². The zero-order chi connectivity index (χ0) is 20.1. The second-order valence-corrected chi connectivity index (χ2v) is 8.34. The molecule has 146 valence electrons. The van der Waals surface area contributed by atoms with Crippen molar-refractivity contribution in [2.45, 2.75) is 17.2 Å². The number of alkyl halides is 1. The highest BCUT2D eigenvalue weighted by atomic mass is 35.5. The number of aliphatic imine (C=N–C) groups is 1. The summed E-state index contributed by atoms with van der Waals surface area (Å²) in [5, 5.41) is 2.95. The van der Waals surface area contributed by atoms with E-state index in [0.717, 1.165) is 6.07 Å². The largest absolute Gasteiger partial charge is 0.379 e. The molecule has 0 radical (unpaired) electrons. The molecule has 2 aromatic rings. The van der Waals surface area contributed by atoms with E-state index in [4.69, 9.17) is 17.3 Å². The number of nitrogens with two attached hydrogens (primary N) is 1. The summed E-state index contributed by atoms with van der Waals surface area (Å²) >= 11 is 7.04. The van der Waals surface area contributed by atoms with Crippen molar-refractivity contribution in [2.24, 2.45) is 16.6 Å². The van der Waals surface area contributed by atoms with Crippen LogP contribution in [0.15, 0.2) is 35.5 Å². The van der Waals surface area contributed by atoms with Crippen molar-refractivity contribution in [1.82, 2.24) is 4.98 Å². The first-order valence-electron chi connectivity index (χ1n) is 8.34. The standard InChI is InChI=1S/C18H14ClF3N4OS/c19-8-1-2-13(24-6-8)16(27)25-9-3-11(15(22)12(21)4-9)18(7-20)10-5-14(10)28-17(23)26-18/h1-4,6,10,14H,5,7H2,(H2,23,26)(H,25,27)/t10?,14?,18-/m0/s1. The van der Waals surface area contributed by atoms with Crippen molar-refractivity contribution < 1.29 is 18.0 Å².